The van der Waals surface area contributed by atoms with Crippen molar-refractivity contribution in [2.45, 2.75) is 51.0 Å². The molecule has 246 valence electrons. The predicted molar refractivity (Wildman–Crippen MR) is 182 cm³/mol. The molecule has 2 aliphatic heterocycles. The average Bonchev–Trinajstić information content (AvgIpc) is 3.56. The van der Waals surface area contributed by atoms with Crippen LogP contribution >= 0.6 is 0 Å². The van der Waals surface area contributed by atoms with E-state index >= 15 is 0 Å². The molecule has 0 unspecified atom stereocenters. The molecular formula is C36H43N7O4. The van der Waals surface area contributed by atoms with Gasteiger partial charge in [-0.05, 0) is 73.3 Å². The van der Waals surface area contributed by atoms with Gasteiger partial charge in [-0.3, -0.25) is 0 Å². The monoisotopic (exact) mass is 637 g/mol. The number of piperidine rings is 1. The lowest BCUT2D eigenvalue weighted by Gasteiger charge is -2.45. The second kappa shape index (κ2) is 14.0. The zero-order valence-corrected chi connectivity index (χ0v) is 26.7. The number of rotatable bonds is 7. The summed E-state index contributed by atoms with van der Waals surface area (Å²) in [5.41, 5.74) is 4.95. The highest BCUT2D eigenvalue weighted by Gasteiger charge is 2.39. The van der Waals surface area contributed by atoms with Crippen molar-refractivity contribution in [2.75, 3.05) is 56.2 Å². The van der Waals surface area contributed by atoms with Crippen LogP contribution in [0.1, 0.15) is 44.1 Å². The Bertz CT molecular complexity index is 1650. The molecule has 4 heterocycles. The van der Waals surface area contributed by atoms with Gasteiger partial charge in [0.1, 0.15) is 17.8 Å². The predicted octanol–water partition coefficient (Wildman–Crippen LogP) is 5.99. The van der Waals surface area contributed by atoms with Crippen molar-refractivity contribution >= 4 is 34.7 Å². The van der Waals surface area contributed by atoms with Gasteiger partial charge in [-0.15, -0.1) is 0 Å². The van der Waals surface area contributed by atoms with Gasteiger partial charge in [0.15, 0.2) is 0 Å². The zero-order chi connectivity index (χ0) is 32.1. The fourth-order valence-electron chi connectivity index (χ4n) is 7.22. The molecule has 0 atom stereocenters. The van der Waals surface area contributed by atoms with Crippen molar-refractivity contribution in [3.05, 3.63) is 72.6 Å². The van der Waals surface area contributed by atoms with E-state index in [1.54, 1.807) is 6.33 Å². The number of anilines is 2. The Morgan fingerprint density at radius 3 is 2.43 bits per heavy atom. The largest absolute Gasteiger partial charge is 0.449 e. The second-order valence-corrected chi connectivity index (χ2v) is 13.0. The number of likely N-dealkylation sites (tertiary alicyclic amines) is 1. The van der Waals surface area contributed by atoms with E-state index in [2.05, 4.69) is 36.6 Å². The Labute approximate surface area is 275 Å². The first kappa shape index (κ1) is 31.0. The number of nitrogens with zero attached hydrogens (tertiary/aromatic N) is 4. The summed E-state index contributed by atoms with van der Waals surface area (Å²) in [6.07, 6.45) is 7.99. The molecule has 2 aromatic carbocycles. The summed E-state index contributed by atoms with van der Waals surface area (Å²) >= 11 is 0. The Kier molecular flexibility index (Phi) is 9.23. The van der Waals surface area contributed by atoms with Gasteiger partial charge in [0.2, 0.25) is 0 Å². The zero-order valence-electron chi connectivity index (χ0n) is 26.7. The third kappa shape index (κ3) is 7.35. The fraction of sp³-hybridized carbons (Fsp3) is 0.444. The Morgan fingerprint density at radius 2 is 1.68 bits per heavy atom. The van der Waals surface area contributed by atoms with Crippen molar-refractivity contribution in [2.24, 2.45) is 5.41 Å². The number of nitrogens with one attached hydrogen (secondary N) is 3. The molecule has 3 N–H and O–H groups in total. The van der Waals surface area contributed by atoms with E-state index in [-0.39, 0.29) is 23.6 Å². The van der Waals surface area contributed by atoms with Gasteiger partial charge in [0.25, 0.3) is 0 Å². The first-order chi connectivity index (χ1) is 23.0. The van der Waals surface area contributed by atoms with Gasteiger partial charge in [0.05, 0.1) is 25.2 Å². The number of morpholine rings is 1. The number of hydrogen-bond acceptors (Lipinski definition) is 7. The highest BCUT2D eigenvalue weighted by atomic mass is 16.5. The molecule has 2 saturated heterocycles. The molecule has 1 saturated carbocycles. The molecule has 4 aromatic rings. The number of benzene rings is 2. The number of H-pyrrole nitrogens is 1. The van der Waals surface area contributed by atoms with Crippen LogP contribution in [0.5, 0.6) is 0 Å². The summed E-state index contributed by atoms with van der Waals surface area (Å²) in [6.45, 7) is 4.88. The quantitative estimate of drug-likeness (QED) is 0.228. The number of aromatic nitrogens is 3. The van der Waals surface area contributed by atoms with E-state index in [0.717, 1.165) is 110 Å². The van der Waals surface area contributed by atoms with Crippen LogP contribution in [-0.4, -0.2) is 84.0 Å². The van der Waals surface area contributed by atoms with Crippen molar-refractivity contribution in [1.82, 2.24) is 25.2 Å². The van der Waals surface area contributed by atoms with Crippen LogP contribution in [0.25, 0.3) is 22.3 Å². The minimum atomic E-state index is -0.324. The van der Waals surface area contributed by atoms with E-state index < -0.39 is 0 Å². The molecule has 47 heavy (non-hydrogen) atoms. The van der Waals surface area contributed by atoms with E-state index in [1.807, 2.05) is 59.5 Å². The minimum Gasteiger partial charge on any atom is -0.449 e. The molecule has 7 rings (SSSR count). The minimum absolute atomic E-state index is 0.0581. The topological polar surface area (TPSA) is 125 Å². The molecule has 0 bridgehead atoms. The fourth-order valence-corrected chi connectivity index (χ4v) is 7.22. The molecule has 3 aliphatic rings. The molecule has 1 aliphatic carbocycles. The summed E-state index contributed by atoms with van der Waals surface area (Å²) in [5, 5.41) is 7.15. The smallest absolute Gasteiger partial charge is 0.407 e. The Balaban J connectivity index is 0.862. The number of carbonyl (C=O) groups excluding carboxylic acids is 2. The highest BCUT2D eigenvalue weighted by molar-refractivity contribution is 5.93. The van der Waals surface area contributed by atoms with E-state index in [1.165, 1.54) is 0 Å². The van der Waals surface area contributed by atoms with Gasteiger partial charge in [-0.25, -0.2) is 19.6 Å². The summed E-state index contributed by atoms with van der Waals surface area (Å²) in [6, 6.07) is 20.2. The maximum atomic E-state index is 13.2. The number of hydrogen-bond donors (Lipinski definition) is 3. The summed E-state index contributed by atoms with van der Waals surface area (Å²) in [5.74, 6) is 0.924. The normalized spacial score (nSPS) is 18.3. The van der Waals surface area contributed by atoms with Gasteiger partial charge in [0, 0.05) is 50.0 Å². The van der Waals surface area contributed by atoms with Gasteiger partial charge < -0.3 is 34.9 Å². The lowest BCUT2D eigenvalue weighted by atomic mass is 9.67. The molecule has 1 spiro atoms. The molecule has 11 heteroatoms. The number of fused-ring (bicyclic) bond motifs is 1. The van der Waals surface area contributed by atoms with Crippen molar-refractivity contribution in [3.63, 3.8) is 0 Å². The third-order valence-electron chi connectivity index (χ3n) is 10.1. The van der Waals surface area contributed by atoms with Crippen LogP contribution in [0, 0.1) is 5.41 Å². The summed E-state index contributed by atoms with van der Waals surface area (Å²) in [7, 11) is 0. The van der Waals surface area contributed by atoms with E-state index in [9.17, 15) is 9.59 Å². The van der Waals surface area contributed by atoms with Gasteiger partial charge in [-0.1, -0.05) is 42.5 Å². The lowest BCUT2D eigenvalue weighted by Crippen LogP contribution is -2.48. The number of alkyl carbamates (subject to hydrolysis) is 1. The van der Waals surface area contributed by atoms with Gasteiger partial charge in [-0.2, -0.15) is 0 Å². The third-order valence-corrected chi connectivity index (χ3v) is 10.1. The van der Waals surface area contributed by atoms with Gasteiger partial charge >= 0.3 is 12.1 Å². The van der Waals surface area contributed by atoms with Crippen LogP contribution in [0.2, 0.25) is 0 Å². The molecule has 11 nitrogen and oxygen atoms in total. The molecule has 2 aromatic heterocycles. The molecule has 0 radical (unpaired) electrons. The number of carbonyl (C=O) groups is 2. The highest BCUT2D eigenvalue weighted by Crippen LogP contribution is 2.44. The molecule has 3 amide bonds. The lowest BCUT2D eigenvalue weighted by molar-refractivity contribution is 0.0714. The summed E-state index contributed by atoms with van der Waals surface area (Å²) in [4.78, 5) is 42.1. The molecular weight excluding hydrogens is 594 g/mol. The Morgan fingerprint density at radius 1 is 0.936 bits per heavy atom. The van der Waals surface area contributed by atoms with Crippen molar-refractivity contribution < 1.29 is 19.1 Å². The van der Waals surface area contributed by atoms with Crippen LogP contribution in [0.3, 0.4) is 0 Å². The summed E-state index contributed by atoms with van der Waals surface area (Å²) < 4.78 is 10.9. The second-order valence-electron chi connectivity index (χ2n) is 13.0. The number of urea groups is 1. The first-order valence-electron chi connectivity index (χ1n) is 16.8. The molecule has 3 fully saturated rings. The first-order valence-corrected chi connectivity index (χ1v) is 16.8. The van der Waals surface area contributed by atoms with E-state index in [4.69, 9.17) is 9.47 Å². The van der Waals surface area contributed by atoms with Crippen LogP contribution in [0.4, 0.5) is 21.1 Å². The van der Waals surface area contributed by atoms with Crippen molar-refractivity contribution in [1.29, 1.82) is 0 Å². The number of amides is 3. The van der Waals surface area contributed by atoms with Crippen LogP contribution in [-0.2, 0) is 15.9 Å². The van der Waals surface area contributed by atoms with Crippen LogP contribution < -0.4 is 15.5 Å². The SMILES string of the molecule is O=C(NC1CCC2(CC1)CCN(C(=O)Nc1ccc(-c3cc4c(N5CCOCC5)ncnc4[nH]3)cc1)CC2)OCCc1ccccc1. The average molecular weight is 638 g/mol. The Hall–Kier alpha value is -4.64. The maximum Gasteiger partial charge on any atom is 0.407 e. The van der Waals surface area contributed by atoms with Crippen molar-refractivity contribution in [3.8, 4) is 11.3 Å². The maximum absolute atomic E-state index is 13.2. The standard InChI is InChI=1S/C36H43N7O4/c44-34(39-28-8-6-27(7-9-28)31-24-30-32(41-31)37-25-38-33(30)42-19-22-46-23-20-42)43-17-15-36(16-18-43)13-10-29(11-14-36)40-35(45)47-21-12-26-4-2-1-3-5-26/h1-9,24-25,29H,10-23H2,(H,39,44)(H,40,45)(H,37,38,41). The van der Waals surface area contributed by atoms with Crippen LogP contribution in [0.15, 0.2) is 67.0 Å². The number of ether oxygens (including phenoxy) is 2. The number of aromatic amines is 1. The van der Waals surface area contributed by atoms with E-state index in [0.29, 0.717) is 19.8 Å².